The smallest absolute Gasteiger partial charge is 0.420 e. The maximum absolute atomic E-state index is 13.9. The predicted molar refractivity (Wildman–Crippen MR) is 136 cm³/mol. The number of nitrogens with two attached hydrogens (primary N) is 1. The standard InChI is InChI=1S/C28H21F5N4O3/c29-27(30)14-37(15-27)26(39)17-3-7-23(35-13-17)18-9-19-10-21(40-25(19)22(11-18)28(31,32)33)6-5-20(38)4-1-16-2-8-24(34)36-12-16/h1-4,7-13H,5-6,14-15H2,(H2,34,36)/b4-1+. The van der Waals surface area contributed by atoms with Gasteiger partial charge in [-0.15, -0.1) is 0 Å². The third-order valence-electron chi connectivity index (χ3n) is 6.30. The lowest BCUT2D eigenvalue weighted by atomic mass is 10.0. The van der Waals surface area contributed by atoms with Crippen LogP contribution in [0.1, 0.15) is 33.7 Å². The highest BCUT2D eigenvalue weighted by Crippen LogP contribution is 2.39. The summed E-state index contributed by atoms with van der Waals surface area (Å²) < 4.78 is 73.4. The van der Waals surface area contributed by atoms with Crippen LogP contribution >= 0.6 is 0 Å². The largest absolute Gasteiger partial charge is 0.460 e. The van der Waals surface area contributed by atoms with Crippen LogP contribution in [0.2, 0.25) is 0 Å². The highest BCUT2D eigenvalue weighted by atomic mass is 19.4. The predicted octanol–water partition coefficient (Wildman–Crippen LogP) is 5.80. The van der Waals surface area contributed by atoms with Gasteiger partial charge in [-0.2, -0.15) is 13.2 Å². The number of amides is 1. The highest BCUT2D eigenvalue weighted by molar-refractivity contribution is 5.95. The number of anilines is 1. The van der Waals surface area contributed by atoms with Gasteiger partial charge in [0.25, 0.3) is 11.8 Å². The molecule has 0 aliphatic carbocycles. The zero-order valence-electron chi connectivity index (χ0n) is 20.7. The third kappa shape index (κ3) is 5.85. The zero-order valence-corrected chi connectivity index (χ0v) is 20.7. The summed E-state index contributed by atoms with van der Waals surface area (Å²) >= 11 is 0. The van der Waals surface area contributed by atoms with Gasteiger partial charge in [0.2, 0.25) is 0 Å². The number of carbonyl (C=O) groups excluding carboxylic acids is 2. The lowest BCUT2D eigenvalue weighted by Gasteiger charge is -2.38. The van der Waals surface area contributed by atoms with Gasteiger partial charge in [0, 0.05) is 36.2 Å². The summed E-state index contributed by atoms with van der Waals surface area (Å²) in [6, 6.07) is 9.77. The molecule has 2 N–H and O–H groups in total. The number of nitrogen functional groups attached to an aromatic ring is 1. The Morgan fingerprint density at radius 1 is 1.05 bits per heavy atom. The number of aryl methyl sites for hydroxylation is 1. The van der Waals surface area contributed by atoms with Gasteiger partial charge < -0.3 is 15.1 Å². The number of benzene rings is 1. The number of hydrogen-bond acceptors (Lipinski definition) is 6. The number of alkyl halides is 5. The number of aromatic nitrogens is 2. The Bertz CT molecular complexity index is 1600. The lowest BCUT2D eigenvalue weighted by Crippen LogP contribution is -2.58. The van der Waals surface area contributed by atoms with Crippen molar-refractivity contribution in [3.05, 3.63) is 83.4 Å². The molecule has 7 nitrogen and oxygen atoms in total. The molecule has 4 aromatic rings. The van der Waals surface area contributed by atoms with Crippen molar-refractivity contribution < 1.29 is 36.0 Å². The van der Waals surface area contributed by atoms with E-state index in [1.54, 1.807) is 18.2 Å². The molecule has 0 unspecified atom stereocenters. The topological polar surface area (TPSA) is 102 Å². The number of fused-ring (bicyclic) bond motifs is 1. The molecule has 4 heterocycles. The van der Waals surface area contributed by atoms with Crippen LogP contribution in [-0.2, 0) is 17.4 Å². The Kier molecular flexibility index (Phi) is 6.86. The summed E-state index contributed by atoms with van der Waals surface area (Å²) in [4.78, 5) is 33.6. The molecule has 1 aliphatic heterocycles. The van der Waals surface area contributed by atoms with Crippen LogP contribution in [0.15, 0.2) is 65.4 Å². The fourth-order valence-corrected chi connectivity index (χ4v) is 4.25. The number of hydrogen-bond donors (Lipinski definition) is 1. The molecule has 0 bridgehead atoms. The molecule has 1 aromatic carbocycles. The SMILES string of the molecule is Nc1ccc(/C=C/C(=O)CCc2cc3cc(-c4ccc(C(=O)N5CC(F)(F)C5)cn4)cc(C(F)(F)F)c3o2)cn1. The van der Waals surface area contributed by atoms with Gasteiger partial charge in [-0.05, 0) is 60.2 Å². The van der Waals surface area contributed by atoms with Crippen molar-refractivity contribution in [1.82, 2.24) is 14.9 Å². The van der Waals surface area contributed by atoms with Gasteiger partial charge in [0.1, 0.15) is 17.2 Å². The average molecular weight is 556 g/mol. The van der Waals surface area contributed by atoms with Crippen molar-refractivity contribution in [3.63, 3.8) is 0 Å². The van der Waals surface area contributed by atoms with E-state index in [4.69, 9.17) is 10.2 Å². The number of allylic oxidation sites excluding steroid dienone is 1. The van der Waals surface area contributed by atoms with Crippen molar-refractivity contribution in [1.29, 1.82) is 0 Å². The van der Waals surface area contributed by atoms with E-state index in [0.29, 0.717) is 11.4 Å². The Morgan fingerprint density at radius 2 is 1.82 bits per heavy atom. The summed E-state index contributed by atoms with van der Waals surface area (Å²) in [5.74, 6) is -3.27. The molecule has 1 saturated heterocycles. The molecule has 0 radical (unpaired) electrons. The number of carbonyl (C=O) groups is 2. The Hall–Kier alpha value is -4.61. The first-order chi connectivity index (χ1) is 18.9. The van der Waals surface area contributed by atoms with E-state index < -0.39 is 36.7 Å². The summed E-state index contributed by atoms with van der Waals surface area (Å²) in [6.07, 6.45) is 0.902. The highest BCUT2D eigenvalue weighted by Gasteiger charge is 2.46. The minimum Gasteiger partial charge on any atom is -0.460 e. The number of nitrogens with zero attached hydrogens (tertiary/aromatic N) is 3. The van der Waals surface area contributed by atoms with E-state index in [9.17, 15) is 31.5 Å². The molecule has 1 fully saturated rings. The van der Waals surface area contributed by atoms with Crippen LogP contribution in [0.4, 0.5) is 27.8 Å². The quantitative estimate of drug-likeness (QED) is 0.228. The summed E-state index contributed by atoms with van der Waals surface area (Å²) in [5, 5.41) is 0.167. The number of furan rings is 1. The number of halogens is 5. The second kappa shape index (κ2) is 10.2. The van der Waals surface area contributed by atoms with Gasteiger partial charge in [-0.3, -0.25) is 14.6 Å². The van der Waals surface area contributed by atoms with Gasteiger partial charge >= 0.3 is 6.18 Å². The zero-order chi connectivity index (χ0) is 28.7. The maximum atomic E-state index is 13.9. The average Bonchev–Trinajstić information content (AvgIpc) is 3.31. The Labute approximate surface area is 224 Å². The first-order valence-electron chi connectivity index (χ1n) is 12.1. The van der Waals surface area contributed by atoms with Gasteiger partial charge in [-0.25, -0.2) is 13.8 Å². The van der Waals surface area contributed by atoms with E-state index in [0.717, 1.165) is 17.2 Å². The van der Waals surface area contributed by atoms with Crippen molar-refractivity contribution in [3.8, 4) is 11.3 Å². The summed E-state index contributed by atoms with van der Waals surface area (Å²) in [6.45, 7) is -1.38. The minimum atomic E-state index is -4.74. The van der Waals surface area contributed by atoms with Crippen LogP contribution in [0.25, 0.3) is 28.3 Å². The molecule has 0 spiro atoms. The third-order valence-corrected chi connectivity index (χ3v) is 6.30. The van der Waals surface area contributed by atoms with Crippen LogP contribution in [0.5, 0.6) is 0 Å². The van der Waals surface area contributed by atoms with Crippen LogP contribution in [0, 0.1) is 0 Å². The van der Waals surface area contributed by atoms with E-state index in [1.165, 1.54) is 36.5 Å². The molecule has 12 heteroatoms. The lowest BCUT2D eigenvalue weighted by molar-refractivity contribution is -0.136. The fraction of sp³-hybridized carbons (Fsp3) is 0.214. The van der Waals surface area contributed by atoms with E-state index in [-0.39, 0.29) is 52.2 Å². The molecule has 1 amide bonds. The molecule has 5 rings (SSSR count). The minimum absolute atomic E-state index is 0.00687. The summed E-state index contributed by atoms with van der Waals surface area (Å²) in [5.41, 5.74) is 5.13. The molecule has 1 aliphatic rings. The van der Waals surface area contributed by atoms with E-state index >= 15 is 0 Å². The van der Waals surface area contributed by atoms with Gasteiger partial charge in [0.15, 0.2) is 5.78 Å². The van der Waals surface area contributed by atoms with Gasteiger partial charge in [-0.1, -0.05) is 0 Å². The monoisotopic (exact) mass is 556 g/mol. The maximum Gasteiger partial charge on any atom is 0.420 e. The molecule has 0 atom stereocenters. The normalized spacial score (nSPS) is 15.0. The number of likely N-dealkylation sites (tertiary alicyclic amines) is 1. The molecular formula is C28H21F5N4O3. The Morgan fingerprint density at radius 3 is 2.45 bits per heavy atom. The molecule has 40 heavy (non-hydrogen) atoms. The van der Waals surface area contributed by atoms with Crippen molar-refractivity contribution >= 4 is 34.6 Å². The van der Waals surface area contributed by atoms with Gasteiger partial charge in [0.05, 0.1) is 29.9 Å². The van der Waals surface area contributed by atoms with Crippen molar-refractivity contribution in [2.24, 2.45) is 0 Å². The molecule has 206 valence electrons. The number of rotatable bonds is 7. The van der Waals surface area contributed by atoms with Crippen LogP contribution in [0.3, 0.4) is 0 Å². The first kappa shape index (κ1) is 27.0. The van der Waals surface area contributed by atoms with Crippen LogP contribution < -0.4 is 5.73 Å². The van der Waals surface area contributed by atoms with E-state index in [2.05, 4.69) is 9.97 Å². The second-order valence-electron chi connectivity index (χ2n) is 9.42. The number of pyridine rings is 2. The number of ketones is 1. The van der Waals surface area contributed by atoms with Crippen LogP contribution in [-0.4, -0.2) is 45.6 Å². The summed E-state index contributed by atoms with van der Waals surface area (Å²) in [7, 11) is 0. The molecule has 3 aromatic heterocycles. The fourth-order valence-electron chi connectivity index (χ4n) is 4.25. The molecule has 0 saturated carbocycles. The molecular weight excluding hydrogens is 535 g/mol. The first-order valence-corrected chi connectivity index (χ1v) is 12.1. The Balaban J connectivity index is 1.34. The van der Waals surface area contributed by atoms with Crippen molar-refractivity contribution in [2.75, 3.05) is 18.8 Å². The van der Waals surface area contributed by atoms with E-state index in [1.807, 2.05) is 0 Å². The van der Waals surface area contributed by atoms with Crippen molar-refractivity contribution in [2.45, 2.75) is 24.9 Å². The second-order valence-corrected chi connectivity index (χ2v) is 9.42.